The summed E-state index contributed by atoms with van der Waals surface area (Å²) in [6, 6.07) is 20.5. The SMILES string of the molecule is COc1ccc(CN2C(=O)CC(C(=O)Nc3ccc(C(=O)O)cc3)SC2=Nc2ccccc2)cc1OC. The number of methoxy groups -OCH3 is 2. The molecule has 10 heteroatoms. The van der Waals surface area contributed by atoms with Crippen LogP contribution in [0.5, 0.6) is 11.5 Å². The van der Waals surface area contributed by atoms with E-state index in [-0.39, 0.29) is 30.3 Å². The van der Waals surface area contributed by atoms with Crippen LogP contribution in [0.3, 0.4) is 0 Å². The fourth-order valence-corrected chi connectivity index (χ4v) is 4.79. The minimum Gasteiger partial charge on any atom is -0.493 e. The van der Waals surface area contributed by atoms with Crippen LogP contribution < -0.4 is 14.8 Å². The molecule has 2 N–H and O–H groups in total. The first kappa shape index (κ1) is 25.8. The molecule has 4 rings (SSSR count). The molecule has 0 saturated carbocycles. The molecule has 1 atom stereocenters. The third-order valence-electron chi connectivity index (χ3n) is 5.60. The number of rotatable bonds is 8. The number of nitrogens with zero attached hydrogens (tertiary/aromatic N) is 2. The van der Waals surface area contributed by atoms with Crippen LogP contribution >= 0.6 is 11.8 Å². The topological polar surface area (TPSA) is 118 Å². The number of amides is 2. The van der Waals surface area contributed by atoms with Crippen LogP contribution in [0, 0.1) is 0 Å². The number of thioether (sulfide) groups is 1. The lowest BCUT2D eigenvalue weighted by Crippen LogP contribution is -2.44. The number of para-hydroxylation sites is 1. The molecule has 0 aromatic heterocycles. The zero-order valence-electron chi connectivity index (χ0n) is 20.2. The minimum absolute atomic E-state index is 0.0230. The Morgan fingerprint density at radius 1 is 1.03 bits per heavy atom. The Hall–Kier alpha value is -4.31. The van der Waals surface area contributed by atoms with Gasteiger partial charge in [-0.25, -0.2) is 9.79 Å². The molecule has 0 spiro atoms. The third kappa shape index (κ3) is 6.28. The molecule has 37 heavy (non-hydrogen) atoms. The highest BCUT2D eigenvalue weighted by Gasteiger charge is 2.36. The average Bonchev–Trinajstić information content (AvgIpc) is 2.91. The maximum Gasteiger partial charge on any atom is 0.335 e. The maximum absolute atomic E-state index is 13.3. The van der Waals surface area contributed by atoms with Gasteiger partial charge in [0.1, 0.15) is 5.25 Å². The second-order valence-corrected chi connectivity index (χ2v) is 9.25. The van der Waals surface area contributed by atoms with E-state index in [0.29, 0.717) is 28.0 Å². The Kier molecular flexibility index (Phi) is 8.09. The van der Waals surface area contributed by atoms with Crippen LogP contribution in [0.1, 0.15) is 22.3 Å². The molecule has 1 heterocycles. The summed E-state index contributed by atoms with van der Waals surface area (Å²) >= 11 is 1.20. The number of carboxylic acids is 1. The lowest BCUT2D eigenvalue weighted by atomic mass is 10.1. The lowest BCUT2D eigenvalue weighted by Gasteiger charge is -2.32. The molecule has 1 unspecified atom stereocenters. The zero-order valence-corrected chi connectivity index (χ0v) is 21.0. The van der Waals surface area contributed by atoms with E-state index in [1.807, 2.05) is 36.4 Å². The van der Waals surface area contributed by atoms with E-state index in [1.54, 1.807) is 31.3 Å². The Morgan fingerprint density at radius 2 is 1.73 bits per heavy atom. The molecule has 9 nitrogen and oxygen atoms in total. The van der Waals surface area contributed by atoms with Gasteiger partial charge in [-0.05, 0) is 54.1 Å². The summed E-state index contributed by atoms with van der Waals surface area (Å²) in [5.74, 6) is -0.540. The van der Waals surface area contributed by atoms with E-state index in [4.69, 9.17) is 14.6 Å². The van der Waals surface area contributed by atoms with Crippen molar-refractivity contribution in [3.05, 3.63) is 83.9 Å². The fraction of sp³-hybridized carbons (Fsp3) is 0.185. The van der Waals surface area contributed by atoms with Crippen molar-refractivity contribution in [1.82, 2.24) is 4.90 Å². The van der Waals surface area contributed by atoms with Gasteiger partial charge in [0.2, 0.25) is 11.8 Å². The van der Waals surface area contributed by atoms with Crippen LogP contribution in [0.25, 0.3) is 0 Å². The van der Waals surface area contributed by atoms with E-state index >= 15 is 0 Å². The Morgan fingerprint density at radius 3 is 2.38 bits per heavy atom. The highest BCUT2D eigenvalue weighted by atomic mass is 32.2. The summed E-state index contributed by atoms with van der Waals surface area (Å²) in [4.78, 5) is 43.6. The van der Waals surface area contributed by atoms with Gasteiger partial charge in [-0.15, -0.1) is 0 Å². The number of amidine groups is 1. The van der Waals surface area contributed by atoms with Gasteiger partial charge in [0, 0.05) is 12.1 Å². The van der Waals surface area contributed by atoms with E-state index in [0.717, 1.165) is 5.56 Å². The van der Waals surface area contributed by atoms with Gasteiger partial charge in [-0.1, -0.05) is 36.0 Å². The summed E-state index contributed by atoms with van der Waals surface area (Å²) in [6.45, 7) is 0.239. The number of carboxylic acid groups (broad SMARTS) is 1. The first-order valence-electron chi connectivity index (χ1n) is 11.3. The molecule has 1 aliphatic heterocycles. The monoisotopic (exact) mass is 519 g/mol. The average molecular weight is 520 g/mol. The molecule has 1 saturated heterocycles. The van der Waals surface area contributed by atoms with Crippen LogP contribution in [-0.2, 0) is 16.1 Å². The highest BCUT2D eigenvalue weighted by molar-refractivity contribution is 8.15. The smallest absolute Gasteiger partial charge is 0.335 e. The number of anilines is 1. The van der Waals surface area contributed by atoms with Crippen LogP contribution in [0.2, 0.25) is 0 Å². The van der Waals surface area contributed by atoms with Gasteiger partial charge in [0.15, 0.2) is 16.7 Å². The van der Waals surface area contributed by atoms with Crippen molar-refractivity contribution in [2.24, 2.45) is 4.99 Å². The predicted octanol–water partition coefficient (Wildman–Crippen LogP) is 4.56. The molecule has 3 aromatic rings. The number of hydrogen-bond acceptors (Lipinski definition) is 7. The van der Waals surface area contributed by atoms with Crippen LogP contribution in [0.4, 0.5) is 11.4 Å². The van der Waals surface area contributed by atoms with Crippen molar-refractivity contribution in [3.63, 3.8) is 0 Å². The van der Waals surface area contributed by atoms with Gasteiger partial charge in [0.05, 0.1) is 32.0 Å². The van der Waals surface area contributed by atoms with Gasteiger partial charge in [-0.3, -0.25) is 14.5 Å². The summed E-state index contributed by atoms with van der Waals surface area (Å²) in [6.07, 6.45) is -0.0230. The fourth-order valence-electron chi connectivity index (χ4n) is 3.69. The Balaban J connectivity index is 1.57. The molecule has 0 radical (unpaired) electrons. The van der Waals surface area contributed by atoms with Crippen LogP contribution in [-0.4, -0.2) is 52.4 Å². The van der Waals surface area contributed by atoms with E-state index in [9.17, 15) is 14.4 Å². The largest absolute Gasteiger partial charge is 0.493 e. The number of hydrogen-bond donors (Lipinski definition) is 2. The third-order valence-corrected chi connectivity index (χ3v) is 6.79. The summed E-state index contributed by atoms with van der Waals surface area (Å²) < 4.78 is 10.7. The molecule has 1 fully saturated rings. The maximum atomic E-state index is 13.3. The molecule has 2 amide bonds. The lowest BCUT2D eigenvalue weighted by molar-refractivity contribution is -0.129. The second-order valence-electron chi connectivity index (χ2n) is 8.08. The number of aromatic carboxylic acids is 1. The van der Waals surface area contributed by atoms with Crippen molar-refractivity contribution in [2.45, 2.75) is 18.2 Å². The quantitative estimate of drug-likeness (QED) is 0.448. The van der Waals surface area contributed by atoms with Crippen LogP contribution in [0.15, 0.2) is 77.8 Å². The van der Waals surface area contributed by atoms with Gasteiger partial charge >= 0.3 is 5.97 Å². The second kappa shape index (κ2) is 11.6. The molecular weight excluding hydrogens is 494 g/mol. The summed E-state index contributed by atoms with van der Waals surface area (Å²) in [5.41, 5.74) is 2.02. The first-order valence-corrected chi connectivity index (χ1v) is 12.2. The molecule has 0 bridgehead atoms. The van der Waals surface area contributed by atoms with E-state index < -0.39 is 11.2 Å². The standard InChI is InChI=1S/C27H25N3O6S/c1-35-21-13-8-17(14-22(21)36-2)16-30-24(31)15-23(37-27(30)29-19-6-4-3-5-7-19)25(32)28-20-11-9-18(10-12-20)26(33)34/h3-14,23H,15-16H2,1-2H3,(H,28,32)(H,33,34). The minimum atomic E-state index is -1.05. The number of carbonyl (C=O) groups is 3. The number of ether oxygens (including phenoxy) is 2. The Labute approximate surface area is 218 Å². The van der Waals surface area contributed by atoms with Gasteiger partial charge in [0.25, 0.3) is 0 Å². The highest BCUT2D eigenvalue weighted by Crippen LogP contribution is 2.33. The number of benzene rings is 3. The van der Waals surface area contributed by atoms with Crippen molar-refractivity contribution < 1.29 is 29.0 Å². The Bertz CT molecular complexity index is 1330. The van der Waals surface area contributed by atoms with Gasteiger partial charge < -0.3 is 19.9 Å². The van der Waals surface area contributed by atoms with Crippen molar-refractivity contribution in [2.75, 3.05) is 19.5 Å². The normalized spacial score (nSPS) is 16.4. The molecule has 190 valence electrons. The summed E-state index contributed by atoms with van der Waals surface area (Å²) in [5, 5.41) is 11.5. The molecule has 0 aliphatic carbocycles. The van der Waals surface area contributed by atoms with Crippen molar-refractivity contribution >= 4 is 46.1 Å². The van der Waals surface area contributed by atoms with E-state index in [1.165, 1.54) is 36.0 Å². The number of nitrogens with one attached hydrogen (secondary N) is 1. The number of aliphatic imine (C=N–C) groups is 1. The van der Waals surface area contributed by atoms with Gasteiger partial charge in [-0.2, -0.15) is 0 Å². The van der Waals surface area contributed by atoms with Crippen molar-refractivity contribution in [3.8, 4) is 11.5 Å². The first-order chi connectivity index (χ1) is 17.9. The zero-order chi connectivity index (χ0) is 26.4. The molecular formula is C27H25N3O6S. The van der Waals surface area contributed by atoms with E-state index in [2.05, 4.69) is 10.3 Å². The number of carbonyl (C=O) groups excluding carboxylic acids is 2. The van der Waals surface area contributed by atoms with Crippen molar-refractivity contribution in [1.29, 1.82) is 0 Å². The molecule has 1 aliphatic rings. The molecule has 3 aromatic carbocycles. The predicted molar refractivity (Wildman–Crippen MR) is 142 cm³/mol. The summed E-state index contributed by atoms with van der Waals surface area (Å²) in [7, 11) is 3.10.